The molecule has 0 saturated carbocycles. The summed E-state index contributed by atoms with van der Waals surface area (Å²) in [6, 6.07) is 7.53. The summed E-state index contributed by atoms with van der Waals surface area (Å²) in [7, 11) is 1.28. The Morgan fingerprint density at radius 3 is 2.90 bits per heavy atom. The first-order valence-corrected chi connectivity index (χ1v) is 6.04. The van der Waals surface area contributed by atoms with Crippen LogP contribution in [0.25, 0.3) is 10.9 Å². The fourth-order valence-corrected chi connectivity index (χ4v) is 1.82. The number of hydrogen-bond donors (Lipinski definition) is 2. The zero-order valence-electron chi connectivity index (χ0n) is 10.9. The van der Waals surface area contributed by atoms with Crippen molar-refractivity contribution in [2.75, 3.05) is 13.7 Å². The van der Waals surface area contributed by atoms with Crippen LogP contribution >= 0.6 is 0 Å². The lowest BCUT2D eigenvalue weighted by Crippen LogP contribution is -2.39. The molecule has 0 fully saturated rings. The Hall–Kier alpha value is -2.41. The highest BCUT2D eigenvalue weighted by atomic mass is 16.5. The van der Waals surface area contributed by atoms with Gasteiger partial charge in [0.25, 0.3) is 0 Å². The van der Waals surface area contributed by atoms with Crippen molar-refractivity contribution in [3.8, 4) is 0 Å². The summed E-state index contributed by atoms with van der Waals surface area (Å²) >= 11 is 0. The number of aromatic nitrogens is 2. The van der Waals surface area contributed by atoms with Gasteiger partial charge in [0.05, 0.1) is 18.3 Å². The van der Waals surface area contributed by atoms with Gasteiger partial charge in [-0.1, -0.05) is 18.2 Å². The lowest BCUT2D eigenvalue weighted by atomic mass is 10.2. The fourth-order valence-electron chi connectivity index (χ4n) is 1.82. The molecule has 0 aliphatic heterocycles. The van der Waals surface area contributed by atoms with Gasteiger partial charge in [0.15, 0.2) is 6.10 Å². The molecule has 0 bridgehead atoms. The van der Waals surface area contributed by atoms with Gasteiger partial charge >= 0.3 is 5.97 Å². The molecular weight excluding hydrogens is 262 g/mol. The van der Waals surface area contributed by atoms with Gasteiger partial charge in [0.1, 0.15) is 6.54 Å². The molecule has 1 atom stereocenters. The molecule has 1 aromatic heterocycles. The van der Waals surface area contributed by atoms with Crippen LogP contribution in [-0.2, 0) is 20.9 Å². The zero-order valence-corrected chi connectivity index (χ0v) is 10.9. The molecule has 20 heavy (non-hydrogen) atoms. The van der Waals surface area contributed by atoms with Crippen molar-refractivity contribution in [3.63, 3.8) is 0 Å². The van der Waals surface area contributed by atoms with Gasteiger partial charge in [-0.2, -0.15) is 5.10 Å². The molecule has 0 aliphatic rings. The van der Waals surface area contributed by atoms with Crippen molar-refractivity contribution >= 4 is 22.8 Å². The second-order valence-corrected chi connectivity index (χ2v) is 4.23. The summed E-state index contributed by atoms with van der Waals surface area (Å²) in [4.78, 5) is 22.5. The number of rotatable bonds is 6. The Balaban J connectivity index is 1.96. The third-order valence-electron chi connectivity index (χ3n) is 2.89. The van der Waals surface area contributed by atoms with Crippen LogP contribution in [0.4, 0.5) is 0 Å². The van der Waals surface area contributed by atoms with Gasteiger partial charge in [-0.25, -0.2) is 4.79 Å². The molecule has 106 valence electrons. The van der Waals surface area contributed by atoms with Crippen LogP contribution in [0.5, 0.6) is 0 Å². The van der Waals surface area contributed by atoms with E-state index in [0.717, 1.165) is 10.9 Å². The maximum atomic E-state index is 11.8. The van der Waals surface area contributed by atoms with Crippen molar-refractivity contribution in [2.45, 2.75) is 12.6 Å². The van der Waals surface area contributed by atoms with E-state index in [9.17, 15) is 9.59 Å². The van der Waals surface area contributed by atoms with Crippen LogP contribution in [0.15, 0.2) is 30.5 Å². The third kappa shape index (κ3) is 3.12. The van der Waals surface area contributed by atoms with Gasteiger partial charge in [-0.15, -0.1) is 0 Å². The van der Waals surface area contributed by atoms with Gasteiger partial charge < -0.3 is 15.2 Å². The summed E-state index contributed by atoms with van der Waals surface area (Å²) in [6.45, 7) is -0.0482. The van der Waals surface area contributed by atoms with E-state index in [1.807, 2.05) is 24.3 Å². The Morgan fingerprint density at radius 2 is 2.20 bits per heavy atom. The summed E-state index contributed by atoms with van der Waals surface area (Å²) in [5, 5.41) is 16.4. The number of aliphatic carboxylic acids is 1. The molecule has 0 aliphatic carbocycles. The smallest absolute Gasteiger partial charge is 0.334 e. The molecule has 7 nitrogen and oxygen atoms in total. The highest BCUT2D eigenvalue weighted by Crippen LogP contribution is 2.12. The molecule has 1 unspecified atom stereocenters. The van der Waals surface area contributed by atoms with E-state index in [4.69, 9.17) is 9.84 Å². The maximum Gasteiger partial charge on any atom is 0.334 e. The highest BCUT2D eigenvalue weighted by Gasteiger charge is 2.17. The Bertz CT molecular complexity index is 623. The minimum absolute atomic E-state index is 0.0313. The lowest BCUT2D eigenvalue weighted by Gasteiger charge is -2.11. The number of ether oxygens (including phenoxy) is 1. The second kappa shape index (κ2) is 6.16. The highest BCUT2D eigenvalue weighted by molar-refractivity contribution is 5.82. The van der Waals surface area contributed by atoms with E-state index in [1.54, 1.807) is 10.9 Å². The molecule has 1 amide bonds. The van der Waals surface area contributed by atoms with E-state index < -0.39 is 12.1 Å². The summed E-state index contributed by atoms with van der Waals surface area (Å²) < 4.78 is 6.29. The van der Waals surface area contributed by atoms with Crippen LogP contribution in [0.3, 0.4) is 0 Å². The van der Waals surface area contributed by atoms with Crippen LogP contribution < -0.4 is 5.32 Å². The van der Waals surface area contributed by atoms with Crippen LogP contribution in [0, 0.1) is 0 Å². The Kier molecular flexibility index (Phi) is 4.31. The van der Waals surface area contributed by atoms with E-state index in [0.29, 0.717) is 0 Å². The van der Waals surface area contributed by atoms with Crippen LogP contribution in [0.1, 0.15) is 0 Å². The molecule has 1 aromatic carbocycles. The summed E-state index contributed by atoms with van der Waals surface area (Å²) in [5.74, 6) is -1.43. The topological polar surface area (TPSA) is 93.5 Å². The van der Waals surface area contributed by atoms with Crippen molar-refractivity contribution in [3.05, 3.63) is 30.5 Å². The first-order chi connectivity index (χ1) is 9.61. The predicted octanol–water partition coefficient (Wildman–Crippen LogP) is 0.252. The van der Waals surface area contributed by atoms with Gasteiger partial charge in [0, 0.05) is 12.5 Å². The van der Waals surface area contributed by atoms with Gasteiger partial charge in [-0.05, 0) is 6.07 Å². The maximum absolute atomic E-state index is 11.8. The average molecular weight is 277 g/mol. The molecule has 7 heteroatoms. The number of amides is 1. The quantitative estimate of drug-likeness (QED) is 0.789. The van der Waals surface area contributed by atoms with E-state index in [-0.39, 0.29) is 19.0 Å². The van der Waals surface area contributed by atoms with E-state index in [1.165, 1.54) is 7.11 Å². The normalized spacial score (nSPS) is 12.2. The predicted molar refractivity (Wildman–Crippen MR) is 71.2 cm³/mol. The standard InChI is InChI=1S/C13H15N3O4/c1-20-11(13(18)19)7-14-12(17)8-16-10-5-3-2-4-9(10)6-15-16/h2-6,11H,7-8H2,1H3,(H,14,17)(H,18,19). The Labute approximate surface area is 115 Å². The summed E-state index contributed by atoms with van der Waals surface area (Å²) in [6.07, 6.45) is 0.631. The van der Waals surface area contributed by atoms with Gasteiger partial charge in [0.2, 0.25) is 5.91 Å². The number of carboxylic acid groups (broad SMARTS) is 1. The minimum Gasteiger partial charge on any atom is -0.479 e. The van der Waals surface area contributed by atoms with Crippen molar-refractivity contribution < 1.29 is 19.4 Å². The number of nitrogens with one attached hydrogen (secondary N) is 1. The monoisotopic (exact) mass is 277 g/mol. The molecule has 0 radical (unpaired) electrons. The number of para-hydroxylation sites is 1. The molecular formula is C13H15N3O4. The number of benzene rings is 1. The SMILES string of the molecule is COC(CNC(=O)Cn1ncc2ccccc21)C(=O)O. The van der Waals surface area contributed by atoms with Crippen LogP contribution in [-0.4, -0.2) is 46.5 Å². The fraction of sp³-hybridized carbons (Fsp3) is 0.308. The minimum atomic E-state index is -1.11. The van der Waals surface area contributed by atoms with E-state index >= 15 is 0 Å². The first kappa shape index (κ1) is 14.0. The Morgan fingerprint density at radius 1 is 1.45 bits per heavy atom. The number of carbonyl (C=O) groups excluding carboxylic acids is 1. The van der Waals surface area contributed by atoms with Crippen LogP contribution in [0.2, 0.25) is 0 Å². The van der Waals surface area contributed by atoms with Crippen molar-refractivity contribution in [1.82, 2.24) is 15.1 Å². The zero-order chi connectivity index (χ0) is 14.5. The number of carboxylic acids is 1. The third-order valence-corrected chi connectivity index (χ3v) is 2.89. The molecule has 2 aromatic rings. The van der Waals surface area contributed by atoms with E-state index in [2.05, 4.69) is 10.4 Å². The number of methoxy groups -OCH3 is 1. The summed E-state index contributed by atoms with van der Waals surface area (Å²) in [5.41, 5.74) is 0.851. The molecule has 2 N–H and O–H groups in total. The average Bonchev–Trinajstić information content (AvgIpc) is 2.82. The molecule has 2 rings (SSSR count). The largest absolute Gasteiger partial charge is 0.479 e. The number of fused-ring (bicyclic) bond motifs is 1. The number of nitrogens with zero attached hydrogens (tertiary/aromatic N) is 2. The number of hydrogen-bond acceptors (Lipinski definition) is 4. The van der Waals surface area contributed by atoms with Crippen molar-refractivity contribution in [1.29, 1.82) is 0 Å². The molecule has 1 heterocycles. The number of carbonyl (C=O) groups is 2. The van der Waals surface area contributed by atoms with Gasteiger partial charge in [-0.3, -0.25) is 9.48 Å². The van der Waals surface area contributed by atoms with Crippen molar-refractivity contribution in [2.24, 2.45) is 0 Å². The molecule has 0 saturated heterocycles. The first-order valence-electron chi connectivity index (χ1n) is 6.04. The lowest BCUT2D eigenvalue weighted by molar-refractivity contribution is -0.148. The molecule has 0 spiro atoms. The second-order valence-electron chi connectivity index (χ2n) is 4.23.